The topological polar surface area (TPSA) is 26.1 Å². The molecular formula is C13H19NO. The molecule has 0 aliphatic carbocycles. The fourth-order valence-corrected chi connectivity index (χ4v) is 1.37. The summed E-state index contributed by atoms with van der Waals surface area (Å²) >= 11 is 0. The zero-order chi connectivity index (χ0) is 11.5. The van der Waals surface area contributed by atoms with Crippen LogP contribution in [0.5, 0.6) is 0 Å². The molecule has 0 heterocycles. The van der Waals surface area contributed by atoms with E-state index in [2.05, 4.69) is 45.0 Å². The molecular weight excluding hydrogens is 186 g/mol. The van der Waals surface area contributed by atoms with Crippen molar-refractivity contribution in [1.29, 1.82) is 0 Å². The van der Waals surface area contributed by atoms with Crippen molar-refractivity contribution in [1.82, 2.24) is 0 Å². The van der Waals surface area contributed by atoms with Crippen LogP contribution in [0.1, 0.15) is 31.9 Å². The molecule has 0 saturated carbocycles. The summed E-state index contributed by atoms with van der Waals surface area (Å²) in [5.74, 6) is 0. The smallest absolute Gasteiger partial charge is 0.155 e. The summed E-state index contributed by atoms with van der Waals surface area (Å²) in [6.45, 7) is 6.58. The lowest BCUT2D eigenvalue weighted by Gasteiger charge is -2.18. The summed E-state index contributed by atoms with van der Waals surface area (Å²) in [5.41, 5.74) is 2.69. The highest BCUT2D eigenvalue weighted by Crippen LogP contribution is 2.22. The van der Waals surface area contributed by atoms with Crippen LogP contribution in [0, 0.1) is 5.21 Å². The molecule has 0 aromatic heterocycles. The van der Waals surface area contributed by atoms with Crippen molar-refractivity contribution in [3.05, 3.63) is 40.6 Å². The summed E-state index contributed by atoms with van der Waals surface area (Å²) in [4.78, 5) is 0. The Bertz CT molecular complexity index is 340. The fourth-order valence-electron chi connectivity index (χ4n) is 1.37. The van der Waals surface area contributed by atoms with Crippen molar-refractivity contribution >= 4 is 6.21 Å². The molecule has 0 amide bonds. The van der Waals surface area contributed by atoms with E-state index in [1.165, 1.54) is 18.2 Å². The Hall–Kier alpha value is -1.31. The molecule has 1 aromatic rings. The first kappa shape index (κ1) is 11.8. The third-order valence-electron chi connectivity index (χ3n) is 2.40. The zero-order valence-corrected chi connectivity index (χ0v) is 9.95. The zero-order valence-electron chi connectivity index (χ0n) is 9.95. The number of hydrogen-bond acceptors (Lipinski definition) is 1. The molecule has 0 N–H and O–H groups in total. The Balaban J connectivity index is 2.77. The van der Waals surface area contributed by atoms with Gasteiger partial charge in [-0.15, -0.1) is 0 Å². The van der Waals surface area contributed by atoms with Crippen LogP contribution in [-0.4, -0.2) is 18.0 Å². The summed E-state index contributed by atoms with van der Waals surface area (Å²) in [6, 6.07) is 8.43. The maximum absolute atomic E-state index is 10.7. The minimum atomic E-state index is 0.192. The van der Waals surface area contributed by atoms with E-state index in [1.807, 2.05) is 0 Å². The molecule has 2 nitrogen and oxygen atoms in total. The number of nitrogens with zero attached hydrogens (tertiary/aromatic N) is 1. The number of rotatable bonds is 2. The maximum Gasteiger partial charge on any atom is 0.155 e. The maximum atomic E-state index is 10.7. The van der Waals surface area contributed by atoms with E-state index in [4.69, 9.17) is 0 Å². The van der Waals surface area contributed by atoms with Crippen LogP contribution in [0.2, 0.25) is 0 Å². The van der Waals surface area contributed by atoms with Crippen molar-refractivity contribution in [2.45, 2.75) is 32.6 Å². The highest BCUT2D eigenvalue weighted by molar-refractivity contribution is 5.56. The van der Waals surface area contributed by atoms with Gasteiger partial charge in [-0.05, 0) is 16.5 Å². The van der Waals surface area contributed by atoms with E-state index in [0.717, 1.165) is 4.74 Å². The predicted octanol–water partition coefficient (Wildman–Crippen LogP) is 2.74. The largest absolute Gasteiger partial charge is 0.624 e. The molecule has 0 atom stereocenters. The van der Waals surface area contributed by atoms with Crippen LogP contribution in [0.4, 0.5) is 0 Å². The molecule has 0 unspecified atom stereocenters. The van der Waals surface area contributed by atoms with Crippen LogP contribution in [0.3, 0.4) is 0 Å². The van der Waals surface area contributed by atoms with Crippen LogP contribution in [-0.2, 0) is 11.8 Å². The van der Waals surface area contributed by atoms with E-state index in [1.54, 1.807) is 6.21 Å². The minimum Gasteiger partial charge on any atom is -0.624 e. The van der Waals surface area contributed by atoms with Gasteiger partial charge >= 0.3 is 0 Å². The van der Waals surface area contributed by atoms with Crippen molar-refractivity contribution in [3.8, 4) is 0 Å². The van der Waals surface area contributed by atoms with Gasteiger partial charge in [0.2, 0.25) is 0 Å². The third kappa shape index (κ3) is 3.74. The summed E-state index contributed by atoms with van der Waals surface area (Å²) in [6.07, 6.45) is 2.33. The molecule has 82 valence electrons. The van der Waals surface area contributed by atoms with Crippen LogP contribution in [0.25, 0.3) is 0 Å². The predicted molar refractivity (Wildman–Crippen MR) is 64.5 cm³/mol. The molecule has 0 aliphatic rings. The van der Waals surface area contributed by atoms with Gasteiger partial charge in [-0.3, -0.25) is 0 Å². The van der Waals surface area contributed by atoms with Crippen molar-refractivity contribution < 1.29 is 4.74 Å². The summed E-state index contributed by atoms with van der Waals surface area (Å²) in [5, 5.41) is 10.7. The number of hydroxylamine groups is 1. The quantitative estimate of drug-likeness (QED) is 0.315. The van der Waals surface area contributed by atoms with Crippen LogP contribution < -0.4 is 0 Å². The molecule has 0 bridgehead atoms. The summed E-state index contributed by atoms with van der Waals surface area (Å²) < 4.78 is 0.845. The molecule has 0 fully saturated rings. The van der Waals surface area contributed by atoms with Crippen molar-refractivity contribution in [3.63, 3.8) is 0 Å². The molecule has 0 saturated heterocycles. The van der Waals surface area contributed by atoms with Crippen molar-refractivity contribution in [2.24, 2.45) is 0 Å². The van der Waals surface area contributed by atoms with Gasteiger partial charge in [-0.25, -0.2) is 4.74 Å². The lowest BCUT2D eigenvalue weighted by Crippen LogP contribution is -2.10. The Morgan fingerprint density at radius 3 is 2.13 bits per heavy atom. The van der Waals surface area contributed by atoms with E-state index >= 15 is 0 Å². The van der Waals surface area contributed by atoms with Gasteiger partial charge in [0.05, 0.1) is 6.42 Å². The normalized spacial score (nSPS) is 12.9. The highest BCUT2D eigenvalue weighted by atomic mass is 16.5. The molecule has 0 spiro atoms. The van der Waals surface area contributed by atoms with Gasteiger partial charge in [0.1, 0.15) is 7.05 Å². The van der Waals surface area contributed by atoms with E-state index in [-0.39, 0.29) is 5.41 Å². The SMILES string of the molecule is C[N+]([O-])=CCc1ccc(C(C)(C)C)cc1. The molecule has 1 rings (SSSR count). The van der Waals surface area contributed by atoms with Crippen LogP contribution in [0.15, 0.2) is 24.3 Å². The lowest BCUT2D eigenvalue weighted by atomic mass is 9.86. The minimum absolute atomic E-state index is 0.192. The van der Waals surface area contributed by atoms with Crippen LogP contribution >= 0.6 is 0 Å². The second-order valence-electron chi connectivity index (χ2n) is 4.88. The molecule has 0 aliphatic heterocycles. The Labute approximate surface area is 91.8 Å². The lowest BCUT2D eigenvalue weighted by molar-refractivity contribution is -0.418. The molecule has 0 radical (unpaired) electrons. The second kappa shape index (κ2) is 4.47. The third-order valence-corrected chi connectivity index (χ3v) is 2.40. The standard InChI is InChI=1S/C13H19NO/c1-13(2,3)12-7-5-11(6-8-12)9-10-14(4)15/h5-8,10H,9H2,1-4H3. The first-order chi connectivity index (χ1) is 6.89. The first-order valence-corrected chi connectivity index (χ1v) is 5.22. The average Bonchev–Trinajstić information content (AvgIpc) is 2.14. The van der Waals surface area contributed by atoms with Gasteiger partial charge in [0, 0.05) is 0 Å². The number of benzene rings is 1. The molecule has 15 heavy (non-hydrogen) atoms. The number of hydrogen-bond donors (Lipinski definition) is 0. The van der Waals surface area contributed by atoms with E-state index in [0.29, 0.717) is 6.42 Å². The summed E-state index contributed by atoms with van der Waals surface area (Å²) in [7, 11) is 1.50. The average molecular weight is 205 g/mol. The van der Waals surface area contributed by atoms with E-state index in [9.17, 15) is 5.21 Å². The Morgan fingerprint density at radius 1 is 1.20 bits per heavy atom. The highest BCUT2D eigenvalue weighted by Gasteiger charge is 2.12. The van der Waals surface area contributed by atoms with Gasteiger partial charge in [0.25, 0.3) is 0 Å². The monoisotopic (exact) mass is 205 g/mol. The Morgan fingerprint density at radius 2 is 1.73 bits per heavy atom. The van der Waals surface area contributed by atoms with Gasteiger partial charge < -0.3 is 5.21 Å². The molecule has 2 heteroatoms. The van der Waals surface area contributed by atoms with Gasteiger partial charge in [0.15, 0.2) is 6.21 Å². The second-order valence-corrected chi connectivity index (χ2v) is 4.88. The first-order valence-electron chi connectivity index (χ1n) is 5.22. The Kier molecular flexibility index (Phi) is 3.51. The molecule has 1 aromatic carbocycles. The van der Waals surface area contributed by atoms with E-state index < -0.39 is 0 Å². The van der Waals surface area contributed by atoms with Gasteiger partial charge in [-0.1, -0.05) is 45.0 Å². The fraction of sp³-hybridized carbons (Fsp3) is 0.462. The van der Waals surface area contributed by atoms with Gasteiger partial charge in [-0.2, -0.15) is 0 Å². The van der Waals surface area contributed by atoms with Crippen molar-refractivity contribution in [2.75, 3.05) is 7.05 Å².